The van der Waals surface area contributed by atoms with Crippen molar-refractivity contribution in [1.82, 2.24) is 9.55 Å². The van der Waals surface area contributed by atoms with Gasteiger partial charge in [0.05, 0.1) is 18.1 Å². The number of carbonyl (C=O) groups is 1. The quantitative estimate of drug-likeness (QED) is 0.850. The van der Waals surface area contributed by atoms with E-state index < -0.39 is 6.03 Å². The number of rotatable bonds is 4. The Morgan fingerprint density at radius 1 is 1.35 bits per heavy atom. The van der Waals surface area contributed by atoms with E-state index in [1.54, 1.807) is 6.20 Å². The lowest BCUT2D eigenvalue weighted by Gasteiger charge is -2.23. The van der Waals surface area contributed by atoms with E-state index in [0.717, 1.165) is 9.87 Å². The van der Waals surface area contributed by atoms with Gasteiger partial charge in [0.2, 0.25) is 0 Å². The van der Waals surface area contributed by atoms with Gasteiger partial charge in [-0.1, -0.05) is 38.8 Å². The first-order chi connectivity index (χ1) is 9.50. The fourth-order valence-corrected chi connectivity index (χ4v) is 2.41. The molecule has 20 heavy (non-hydrogen) atoms. The summed E-state index contributed by atoms with van der Waals surface area (Å²) in [5.74, 6) is 0.415. The van der Waals surface area contributed by atoms with Gasteiger partial charge in [-0.15, -0.1) is 0 Å². The Morgan fingerprint density at radius 2 is 2.00 bits per heavy atom. The first kappa shape index (κ1) is 14.5. The van der Waals surface area contributed by atoms with Gasteiger partial charge in [-0.05, 0) is 23.6 Å². The number of primary amides is 1. The summed E-state index contributed by atoms with van der Waals surface area (Å²) in [4.78, 5) is 15.2. The van der Waals surface area contributed by atoms with Gasteiger partial charge in [-0.3, -0.25) is 0 Å². The van der Waals surface area contributed by atoms with Crippen LogP contribution in [-0.2, 0) is 0 Å². The molecular weight excluding hydrogens is 272 g/mol. The first-order valence-electron chi connectivity index (χ1n) is 6.36. The van der Waals surface area contributed by atoms with E-state index in [9.17, 15) is 4.79 Å². The van der Waals surface area contributed by atoms with Crippen LogP contribution in [0.5, 0.6) is 0 Å². The molecule has 0 fully saturated rings. The summed E-state index contributed by atoms with van der Waals surface area (Å²) in [6, 6.07) is 7.22. The molecule has 0 spiro atoms. The molecule has 0 aliphatic rings. The summed E-state index contributed by atoms with van der Waals surface area (Å²) in [6.45, 7) is 4.32. The number of amides is 2. The van der Waals surface area contributed by atoms with Crippen LogP contribution in [0.25, 0.3) is 0 Å². The maximum absolute atomic E-state index is 11.1. The number of nitrogens with two attached hydrogens (primary N) is 1. The van der Waals surface area contributed by atoms with Crippen molar-refractivity contribution < 1.29 is 4.79 Å². The SMILES string of the molecule is CC(C)C(c1ccc(N(S)C(N)=O)cc1)n1ccnc1. The lowest BCUT2D eigenvalue weighted by molar-refractivity contribution is 0.257. The third kappa shape index (κ3) is 2.96. The predicted molar refractivity (Wildman–Crippen MR) is 82.7 cm³/mol. The number of urea groups is 1. The van der Waals surface area contributed by atoms with Gasteiger partial charge in [0.1, 0.15) is 0 Å². The average Bonchev–Trinajstić information content (AvgIpc) is 2.92. The summed E-state index contributed by atoms with van der Waals surface area (Å²) in [6.07, 6.45) is 5.53. The van der Waals surface area contributed by atoms with E-state index in [0.29, 0.717) is 11.6 Å². The third-order valence-electron chi connectivity index (χ3n) is 3.17. The van der Waals surface area contributed by atoms with Gasteiger partial charge in [-0.25, -0.2) is 14.1 Å². The van der Waals surface area contributed by atoms with Crippen molar-refractivity contribution in [3.63, 3.8) is 0 Å². The van der Waals surface area contributed by atoms with Crippen molar-refractivity contribution in [3.8, 4) is 0 Å². The Morgan fingerprint density at radius 3 is 2.45 bits per heavy atom. The number of imidazole rings is 1. The van der Waals surface area contributed by atoms with Crippen LogP contribution in [0.3, 0.4) is 0 Å². The predicted octanol–water partition coefficient (Wildman–Crippen LogP) is 2.86. The van der Waals surface area contributed by atoms with Gasteiger partial charge in [0.25, 0.3) is 0 Å². The number of carbonyl (C=O) groups excluding carboxylic acids is 1. The maximum Gasteiger partial charge on any atom is 0.329 e. The molecule has 0 aliphatic carbocycles. The standard InChI is InChI=1S/C14H18N4OS/c1-10(2)13(17-8-7-16-9-17)11-3-5-12(6-4-11)18(20)14(15)19/h3-10,13,20H,1-2H3,(H2,15,19). The average molecular weight is 290 g/mol. The van der Waals surface area contributed by atoms with E-state index >= 15 is 0 Å². The lowest BCUT2D eigenvalue weighted by atomic mass is 9.95. The Kier molecular flexibility index (Phi) is 4.34. The molecule has 0 bridgehead atoms. The molecule has 1 aromatic heterocycles. The molecule has 2 aromatic rings. The summed E-state index contributed by atoms with van der Waals surface area (Å²) >= 11 is 4.04. The normalized spacial score (nSPS) is 12.4. The van der Waals surface area contributed by atoms with Crippen LogP contribution in [0, 0.1) is 5.92 Å². The largest absolute Gasteiger partial charge is 0.350 e. The molecule has 5 nitrogen and oxygen atoms in total. The highest BCUT2D eigenvalue weighted by Crippen LogP contribution is 2.28. The molecule has 1 atom stereocenters. The van der Waals surface area contributed by atoms with E-state index in [1.165, 1.54) is 0 Å². The fourth-order valence-electron chi connectivity index (χ4n) is 2.28. The number of benzene rings is 1. The number of anilines is 1. The molecule has 2 N–H and O–H groups in total. The van der Waals surface area contributed by atoms with Crippen LogP contribution in [0.2, 0.25) is 0 Å². The van der Waals surface area contributed by atoms with Crippen LogP contribution >= 0.6 is 12.8 Å². The van der Waals surface area contributed by atoms with E-state index in [-0.39, 0.29) is 6.04 Å². The van der Waals surface area contributed by atoms with Gasteiger partial charge < -0.3 is 10.3 Å². The zero-order valence-electron chi connectivity index (χ0n) is 11.5. The highest BCUT2D eigenvalue weighted by Gasteiger charge is 2.18. The highest BCUT2D eigenvalue weighted by atomic mass is 32.1. The molecule has 1 aromatic carbocycles. The van der Waals surface area contributed by atoms with Crippen molar-refractivity contribution in [1.29, 1.82) is 0 Å². The summed E-state index contributed by atoms with van der Waals surface area (Å²) in [5, 5.41) is 0. The van der Waals surface area contributed by atoms with Gasteiger partial charge >= 0.3 is 6.03 Å². The number of nitrogens with zero attached hydrogens (tertiary/aromatic N) is 3. The Balaban J connectivity index is 2.30. The minimum Gasteiger partial charge on any atom is -0.350 e. The monoisotopic (exact) mass is 290 g/mol. The van der Waals surface area contributed by atoms with E-state index in [1.807, 2.05) is 36.8 Å². The number of hydrogen-bond acceptors (Lipinski definition) is 3. The highest BCUT2D eigenvalue weighted by molar-refractivity contribution is 7.82. The molecular formula is C14H18N4OS. The zero-order chi connectivity index (χ0) is 14.7. The number of thiol groups is 1. The topological polar surface area (TPSA) is 64.2 Å². The minimum absolute atomic E-state index is 0.202. The van der Waals surface area contributed by atoms with Crippen LogP contribution in [-0.4, -0.2) is 15.6 Å². The Bertz CT molecular complexity index is 565. The van der Waals surface area contributed by atoms with Crippen molar-refractivity contribution in [2.45, 2.75) is 19.9 Å². The molecule has 2 rings (SSSR count). The van der Waals surface area contributed by atoms with Crippen molar-refractivity contribution in [3.05, 3.63) is 48.5 Å². The van der Waals surface area contributed by atoms with Crippen LogP contribution < -0.4 is 10.0 Å². The van der Waals surface area contributed by atoms with Crippen LogP contribution in [0.15, 0.2) is 43.0 Å². The summed E-state index contributed by atoms with van der Waals surface area (Å²) in [7, 11) is 0. The summed E-state index contributed by atoms with van der Waals surface area (Å²) < 4.78 is 3.19. The van der Waals surface area contributed by atoms with Gasteiger partial charge in [0, 0.05) is 12.4 Å². The fraction of sp³-hybridized carbons (Fsp3) is 0.286. The first-order valence-corrected chi connectivity index (χ1v) is 6.76. The lowest BCUT2D eigenvalue weighted by Crippen LogP contribution is -2.27. The molecule has 1 unspecified atom stereocenters. The maximum atomic E-state index is 11.1. The van der Waals surface area contributed by atoms with Gasteiger partial charge in [0.15, 0.2) is 0 Å². The molecule has 1 heterocycles. The van der Waals surface area contributed by atoms with Gasteiger partial charge in [-0.2, -0.15) is 0 Å². The molecule has 0 saturated heterocycles. The Labute approximate surface area is 124 Å². The third-order valence-corrected chi connectivity index (χ3v) is 3.59. The molecule has 0 saturated carbocycles. The van der Waals surface area contributed by atoms with Crippen molar-refractivity contribution >= 4 is 24.5 Å². The molecule has 0 radical (unpaired) electrons. The van der Waals surface area contributed by atoms with E-state index in [2.05, 4.69) is 36.2 Å². The number of aromatic nitrogens is 2. The second-order valence-corrected chi connectivity index (χ2v) is 5.34. The second kappa shape index (κ2) is 6.00. The van der Waals surface area contributed by atoms with Crippen LogP contribution in [0.1, 0.15) is 25.5 Å². The summed E-state index contributed by atoms with van der Waals surface area (Å²) in [5.41, 5.74) is 6.99. The molecule has 106 valence electrons. The minimum atomic E-state index is -0.601. The van der Waals surface area contributed by atoms with Crippen molar-refractivity contribution in [2.24, 2.45) is 11.7 Å². The van der Waals surface area contributed by atoms with Crippen LogP contribution in [0.4, 0.5) is 10.5 Å². The van der Waals surface area contributed by atoms with E-state index in [4.69, 9.17) is 5.73 Å². The smallest absolute Gasteiger partial charge is 0.329 e. The zero-order valence-corrected chi connectivity index (χ0v) is 12.4. The second-order valence-electron chi connectivity index (χ2n) is 4.94. The van der Waals surface area contributed by atoms with Crippen molar-refractivity contribution in [2.75, 3.05) is 4.31 Å². The Hall–Kier alpha value is -1.95. The number of hydrogen-bond donors (Lipinski definition) is 2. The molecule has 0 aliphatic heterocycles. The molecule has 2 amide bonds. The molecule has 6 heteroatoms.